The molecule has 0 radical (unpaired) electrons. The van der Waals surface area contributed by atoms with Crippen LogP contribution in [0.5, 0.6) is 0 Å². The molecular formula is C48H30N2O. The van der Waals surface area contributed by atoms with Crippen molar-refractivity contribution in [2.45, 2.75) is 0 Å². The molecule has 0 saturated heterocycles. The van der Waals surface area contributed by atoms with Gasteiger partial charge in [0, 0.05) is 43.7 Å². The number of nitrogens with zero attached hydrogens (tertiary/aromatic N) is 2. The minimum absolute atomic E-state index is 0.906. The maximum absolute atomic E-state index is 6.16. The van der Waals surface area contributed by atoms with Crippen LogP contribution in [0.3, 0.4) is 0 Å². The molecular weight excluding hydrogens is 621 g/mol. The summed E-state index contributed by atoms with van der Waals surface area (Å²) in [6, 6.07) is 65.6. The van der Waals surface area contributed by atoms with Gasteiger partial charge < -0.3 is 13.6 Å². The molecule has 3 heterocycles. The monoisotopic (exact) mass is 650 g/mol. The zero-order valence-corrected chi connectivity index (χ0v) is 27.6. The van der Waals surface area contributed by atoms with Crippen LogP contribution in [0.2, 0.25) is 0 Å². The van der Waals surface area contributed by atoms with Crippen LogP contribution in [0.15, 0.2) is 186 Å². The highest BCUT2D eigenvalue weighted by molar-refractivity contribution is 6.13. The Morgan fingerprint density at radius 2 is 0.804 bits per heavy atom. The SMILES string of the molecule is c1ccc(-c2ccc(-n3c4ccccc4c4ccc(-c5ccc6c(c5)c5ccccc5n6-c5ccc6oc7ccccc7c6c5)cc43)cc2)cc1. The summed E-state index contributed by atoms with van der Waals surface area (Å²) in [4.78, 5) is 0. The summed E-state index contributed by atoms with van der Waals surface area (Å²) in [5.74, 6) is 0. The lowest BCUT2D eigenvalue weighted by Crippen LogP contribution is -1.94. The summed E-state index contributed by atoms with van der Waals surface area (Å²) in [6.07, 6.45) is 0. The van der Waals surface area contributed by atoms with Gasteiger partial charge in [-0.3, -0.25) is 0 Å². The van der Waals surface area contributed by atoms with E-state index in [1.807, 2.05) is 12.1 Å². The van der Waals surface area contributed by atoms with Crippen molar-refractivity contribution in [3.63, 3.8) is 0 Å². The Morgan fingerprint density at radius 1 is 0.275 bits per heavy atom. The summed E-state index contributed by atoms with van der Waals surface area (Å²) in [5.41, 5.74) is 13.7. The Labute approximate surface area is 293 Å². The molecule has 0 saturated carbocycles. The van der Waals surface area contributed by atoms with Crippen molar-refractivity contribution in [2.24, 2.45) is 0 Å². The van der Waals surface area contributed by atoms with Crippen molar-refractivity contribution in [3.8, 4) is 33.6 Å². The van der Waals surface area contributed by atoms with Crippen LogP contribution in [0.4, 0.5) is 0 Å². The zero-order valence-electron chi connectivity index (χ0n) is 27.6. The van der Waals surface area contributed by atoms with Crippen LogP contribution in [0.25, 0.3) is 99.2 Å². The quantitative estimate of drug-likeness (QED) is 0.186. The molecule has 3 heteroatoms. The second-order valence-corrected chi connectivity index (χ2v) is 13.4. The van der Waals surface area contributed by atoms with Gasteiger partial charge in [-0.1, -0.05) is 115 Å². The highest BCUT2D eigenvalue weighted by Crippen LogP contribution is 2.39. The molecule has 0 aliphatic rings. The average Bonchev–Trinajstić information content (AvgIpc) is 3.85. The smallest absolute Gasteiger partial charge is 0.135 e. The van der Waals surface area contributed by atoms with Gasteiger partial charge in [-0.2, -0.15) is 0 Å². The van der Waals surface area contributed by atoms with Crippen LogP contribution in [-0.4, -0.2) is 9.13 Å². The molecule has 0 unspecified atom stereocenters. The number of hydrogen-bond donors (Lipinski definition) is 0. The van der Waals surface area contributed by atoms with E-state index in [4.69, 9.17) is 4.42 Å². The molecule has 238 valence electrons. The molecule has 0 aliphatic heterocycles. The first kappa shape index (κ1) is 28.0. The van der Waals surface area contributed by atoms with E-state index in [-0.39, 0.29) is 0 Å². The van der Waals surface area contributed by atoms with E-state index in [0.717, 1.165) is 33.3 Å². The lowest BCUT2D eigenvalue weighted by molar-refractivity contribution is 0.669. The topological polar surface area (TPSA) is 23.0 Å². The van der Waals surface area contributed by atoms with E-state index >= 15 is 0 Å². The largest absolute Gasteiger partial charge is 0.456 e. The third-order valence-electron chi connectivity index (χ3n) is 10.5. The number of para-hydroxylation sites is 3. The van der Waals surface area contributed by atoms with Crippen molar-refractivity contribution < 1.29 is 4.42 Å². The molecule has 0 spiro atoms. The fourth-order valence-corrected chi connectivity index (χ4v) is 8.15. The van der Waals surface area contributed by atoms with E-state index in [0.29, 0.717) is 0 Å². The third kappa shape index (κ3) is 4.25. The van der Waals surface area contributed by atoms with Crippen molar-refractivity contribution in [1.29, 1.82) is 0 Å². The van der Waals surface area contributed by atoms with Crippen molar-refractivity contribution in [2.75, 3.05) is 0 Å². The Morgan fingerprint density at radius 3 is 1.61 bits per heavy atom. The Bertz CT molecular complexity index is 3120. The van der Waals surface area contributed by atoms with Crippen molar-refractivity contribution in [1.82, 2.24) is 9.13 Å². The van der Waals surface area contributed by atoms with Gasteiger partial charge in [0.15, 0.2) is 0 Å². The average molecular weight is 651 g/mol. The minimum Gasteiger partial charge on any atom is -0.456 e. The van der Waals surface area contributed by atoms with Gasteiger partial charge >= 0.3 is 0 Å². The second-order valence-electron chi connectivity index (χ2n) is 13.4. The maximum Gasteiger partial charge on any atom is 0.135 e. The molecule has 3 aromatic heterocycles. The highest BCUT2D eigenvalue weighted by Gasteiger charge is 2.17. The summed E-state index contributed by atoms with van der Waals surface area (Å²) >= 11 is 0. The Kier molecular flexibility index (Phi) is 5.96. The number of rotatable bonds is 4. The van der Waals surface area contributed by atoms with E-state index in [2.05, 4.69) is 179 Å². The van der Waals surface area contributed by atoms with Crippen LogP contribution in [0.1, 0.15) is 0 Å². The zero-order chi connectivity index (χ0) is 33.5. The first-order valence-corrected chi connectivity index (χ1v) is 17.4. The predicted octanol–water partition coefficient (Wildman–Crippen LogP) is 13.1. The van der Waals surface area contributed by atoms with Gasteiger partial charge in [-0.05, 0) is 89.0 Å². The van der Waals surface area contributed by atoms with Crippen LogP contribution >= 0.6 is 0 Å². The Hall–Kier alpha value is -6.84. The van der Waals surface area contributed by atoms with Crippen LogP contribution < -0.4 is 0 Å². The van der Waals surface area contributed by atoms with Crippen LogP contribution in [-0.2, 0) is 0 Å². The van der Waals surface area contributed by atoms with E-state index in [1.165, 1.54) is 65.9 Å². The molecule has 51 heavy (non-hydrogen) atoms. The number of furan rings is 1. The Balaban J connectivity index is 1.08. The fourth-order valence-electron chi connectivity index (χ4n) is 8.15. The highest BCUT2D eigenvalue weighted by atomic mass is 16.3. The first-order chi connectivity index (χ1) is 25.3. The van der Waals surface area contributed by atoms with E-state index in [1.54, 1.807) is 0 Å². The molecule has 0 bridgehead atoms. The lowest BCUT2D eigenvalue weighted by Gasteiger charge is -2.11. The van der Waals surface area contributed by atoms with Gasteiger partial charge in [0.1, 0.15) is 11.2 Å². The maximum atomic E-state index is 6.16. The summed E-state index contributed by atoms with van der Waals surface area (Å²) < 4.78 is 11.0. The molecule has 8 aromatic carbocycles. The van der Waals surface area contributed by atoms with Gasteiger partial charge in [0.05, 0.1) is 22.1 Å². The van der Waals surface area contributed by atoms with E-state index < -0.39 is 0 Å². The molecule has 3 nitrogen and oxygen atoms in total. The standard InChI is InChI=1S/C48H30N2O/c1-2-10-31(11-3-1)32-18-22-35(23-19-32)49-43-15-7-4-12-37(43)39-25-20-34(29-46(39)49)33-21-26-45-41(28-33)38-13-5-8-16-44(38)50(45)36-24-27-48-42(30-36)40-14-6-9-17-47(40)51-48/h1-30H. The van der Waals surface area contributed by atoms with Gasteiger partial charge in [0.25, 0.3) is 0 Å². The summed E-state index contributed by atoms with van der Waals surface area (Å²) in [7, 11) is 0. The van der Waals surface area contributed by atoms with Gasteiger partial charge in [0.2, 0.25) is 0 Å². The van der Waals surface area contributed by atoms with Gasteiger partial charge in [-0.25, -0.2) is 0 Å². The number of fused-ring (bicyclic) bond motifs is 9. The van der Waals surface area contributed by atoms with Gasteiger partial charge in [-0.15, -0.1) is 0 Å². The first-order valence-electron chi connectivity index (χ1n) is 17.4. The second kappa shape index (κ2) is 10.8. The van der Waals surface area contributed by atoms with Crippen molar-refractivity contribution >= 4 is 65.6 Å². The lowest BCUT2D eigenvalue weighted by atomic mass is 10.0. The third-order valence-corrected chi connectivity index (χ3v) is 10.5. The fraction of sp³-hybridized carbons (Fsp3) is 0. The molecule has 0 amide bonds. The van der Waals surface area contributed by atoms with Crippen LogP contribution in [0, 0.1) is 0 Å². The minimum atomic E-state index is 0.906. The molecule has 11 aromatic rings. The summed E-state index contributed by atoms with van der Waals surface area (Å²) in [5, 5.41) is 7.24. The predicted molar refractivity (Wildman–Crippen MR) is 213 cm³/mol. The molecule has 0 atom stereocenters. The molecule has 11 rings (SSSR count). The molecule has 0 fully saturated rings. The number of benzene rings is 8. The summed E-state index contributed by atoms with van der Waals surface area (Å²) in [6.45, 7) is 0. The normalized spacial score (nSPS) is 11.9. The van der Waals surface area contributed by atoms with E-state index in [9.17, 15) is 0 Å². The number of aromatic nitrogens is 2. The van der Waals surface area contributed by atoms with Crippen molar-refractivity contribution in [3.05, 3.63) is 182 Å². The molecule has 0 N–H and O–H groups in total. The number of hydrogen-bond acceptors (Lipinski definition) is 1. The molecule has 0 aliphatic carbocycles.